The summed E-state index contributed by atoms with van der Waals surface area (Å²) in [6.07, 6.45) is 0. The van der Waals surface area contributed by atoms with E-state index in [2.05, 4.69) is 5.16 Å². The molecule has 0 saturated carbocycles. The van der Waals surface area contributed by atoms with Crippen molar-refractivity contribution in [2.24, 2.45) is 0 Å². The molecule has 186 valence electrons. The zero-order valence-electron chi connectivity index (χ0n) is 20.5. The normalized spacial score (nSPS) is 14.9. The summed E-state index contributed by atoms with van der Waals surface area (Å²) in [5.74, 6) is 1.35. The minimum absolute atomic E-state index is 0.0489. The predicted molar refractivity (Wildman–Crippen MR) is 136 cm³/mol. The van der Waals surface area contributed by atoms with E-state index < -0.39 is 11.9 Å². The SMILES string of the molecule is COc1cc([C@@H]2c3c(oc4ccc5ccccc5c4c3=O)C(=O)N2c2cc(C)on2)cc(OC)c1OC. The Morgan fingerprint density at radius 2 is 1.65 bits per heavy atom. The van der Waals surface area contributed by atoms with Crippen molar-refractivity contribution in [1.29, 1.82) is 0 Å². The molecule has 3 heterocycles. The van der Waals surface area contributed by atoms with Gasteiger partial charge < -0.3 is 23.2 Å². The van der Waals surface area contributed by atoms with E-state index in [1.807, 2.05) is 30.3 Å². The number of aryl methyl sites for hydroxylation is 1. The molecule has 9 heteroatoms. The van der Waals surface area contributed by atoms with Gasteiger partial charge in [-0.15, -0.1) is 0 Å². The second-order valence-electron chi connectivity index (χ2n) is 8.67. The van der Waals surface area contributed by atoms with Crippen LogP contribution in [-0.4, -0.2) is 32.4 Å². The number of amides is 1. The summed E-state index contributed by atoms with van der Waals surface area (Å²) in [7, 11) is 4.51. The van der Waals surface area contributed by atoms with Gasteiger partial charge in [0, 0.05) is 6.07 Å². The number of fused-ring (bicyclic) bond motifs is 4. The van der Waals surface area contributed by atoms with Crippen LogP contribution in [0.25, 0.3) is 21.7 Å². The lowest BCUT2D eigenvalue weighted by Crippen LogP contribution is -2.29. The number of hydrogen-bond acceptors (Lipinski definition) is 8. The molecule has 37 heavy (non-hydrogen) atoms. The highest BCUT2D eigenvalue weighted by atomic mass is 16.5. The van der Waals surface area contributed by atoms with Gasteiger partial charge in [-0.3, -0.25) is 14.5 Å². The number of hydrogen-bond donors (Lipinski definition) is 0. The Labute approximate surface area is 210 Å². The molecule has 6 rings (SSSR count). The maximum absolute atomic E-state index is 14.2. The van der Waals surface area contributed by atoms with Gasteiger partial charge in [0.15, 0.2) is 22.7 Å². The van der Waals surface area contributed by atoms with E-state index in [4.69, 9.17) is 23.2 Å². The summed E-state index contributed by atoms with van der Waals surface area (Å²) in [6.45, 7) is 1.72. The minimum Gasteiger partial charge on any atom is -0.493 e. The summed E-state index contributed by atoms with van der Waals surface area (Å²) in [4.78, 5) is 29.4. The molecule has 1 aliphatic heterocycles. The van der Waals surface area contributed by atoms with Gasteiger partial charge in [-0.25, -0.2) is 0 Å². The van der Waals surface area contributed by atoms with Crippen LogP contribution in [0.2, 0.25) is 0 Å². The molecule has 0 bridgehead atoms. The number of carbonyl (C=O) groups excluding carboxylic acids is 1. The molecule has 0 spiro atoms. The van der Waals surface area contributed by atoms with Crippen LogP contribution in [0.1, 0.15) is 33.5 Å². The van der Waals surface area contributed by atoms with Gasteiger partial charge in [-0.1, -0.05) is 35.5 Å². The predicted octanol–water partition coefficient (Wildman–Crippen LogP) is 5.02. The lowest BCUT2D eigenvalue weighted by atomic mass is 9.96. The molecule has 0 saturated heterocycles. The van der Waals surface area contributed by atoms with Crippen molar-refractivity contribution in [3.05, 3.63) is 87.5 Å². The number of rotatable bonds is 5. The van der Waals surface area contributed by atoms with Crippen LogP contribution in [0.3, 0.4) is 0 Å². The van der Waals surface area contributed by atoms with Crippen LogP contribution in [0, 0.1) is 6.92 Å². The molecule has 0 unspecified atom stereocenters. The van der Waals surface area contributed by atoms with Gasteiger partial charge in [0.2, 0.25) is 11.5 Å². The van der Waals surface area contributed by atoms with Gasteiger partial charge >= 0.3 is 0 Å². The standard InChI is InChI=1S/C28H22N2O7/c1-14-11-21(29-37-14)30-24(16-12-19(33-2)26(35-4)20(13-16)34-3)23-25(31)22-17-8-6-5-7-15(17)9-10-18(22)36-27(23)28(30)32/h5-13,24H,1-4H3/t24-/m1/s1. The van der Waals surface area contributed by atoms with Crippen LogP contribution in [0.15, 0.2) is 68.3 Å². The summed E-state index contributed by atoms with van der Waals surface area (Å²) in [5.41, 5.74) is 0.776. The van der Waals surface area contributed by atoms with E-state index in [9.17, 15) is 9.59 Å². The Kier molecular flexibility index (Phi) is 5.15. The van der Waals surface area contributed by atoms with Gasteiger partial charge in [-0.05, 0) is 41.5 Å². The zero-order valence-corrected chi connectivity index (χ0v) is 20.5. The molecule has 1 aliphatic rings. The first-order valence-corrected chi connectivity index (χ1v) is 11.5. The van der Waals surface area contributed by atoms with Crippen LogP contribution < -0.4 is 24.5 Å². The Bertz CT molecular complexity index is 1740. The highest BCUT2D eigenvalue weighted by Gasteiger charge is 2.45. The molecule has 0 radical (unpaired) electrons. The number of carbonyl (C=O) groups is 1. The number of anilines is 1. The topological polar surface area (TPSA) is 104 Å². The van der Waals surface area contributed by atoms with Crippen LogP contribution in [0.4, 0.5) is 5.82 Å². The van der Waals surface area contributed by atoms with Crippen molar-refractivity contribution in [2.45, 2.75) is 13.0 Å². The molecular formula is C28H22N2O7. The Morgan fingerprint density at radius 3 is 2.30 bits per heavy atom. The molecular weight excluding hydrogens is 476 g/mol. The third-order valence-electron chi connectivity index (χ3n) is 6.63. The largest absolute Gasteiger partial charge is 0.493 e. The number of methoxy groups -OCH3 is 3. The first-order valence-electron chi connectivity index (χ1n) is 11.5. The maximum atomic E-state index is 14.2. The minimum atomic E-state index is -0.889. The number of benzene rings is 3. The van der Waals surface area contributed by atoms with Crippen molar-refractivity contribution in [1.82, 2.24) is 5.16 Å². The van der Waals surface area contributed by atoms with E-state index in [-0.39, 0.29) is 22.6 Å². The van der Waals surface area contributed by atoms with E-state index in [1.54, 1.807) is 31.2 Å². The molecule has 0 fully saturated rings. The van der Waals surface area contributed by atoms with E-state index in [1.165, 1.54) is 26.2 Å². The van der Waals surface area contributed by atoms with Gasteiger partial charge in [0.25, 0.3) is 5.91 Å². The average molecular weight is 498 g/mol. The molecule has 2 aromatic heterocycles. The Balaban J connectivity index is 1.70. The first kappa shape index (κ1) is 22.7. The summed E-state index contributed by atoms with van der Waals surface area (Å²) < 4.78 is 28.0. The lowest BCUT2D eigenvalue weighted by molar-refractivity contribution is 0.0969. The first-order chi connectivity index (χ1) is 18.0. The van der Waals surface area contributed by atoms with Crippen LogP contribution >= 0.6 is 0 Å². The van der Waals surface area contributed by atoms with Crippen molar-refractivity contribution in [3.63, 3.8) is 0 Å². The van der Waals surface area contributed by atoms with Crippen molar-refractivity contribution in [2.75, 3.05) is 26.2 Å². The van der Waals surface area contributed by atoms with Crippen molar-refractivity contribution in [3.8, 4) is 17.2 Å². The highest BCUT2D eigenvalue weighted by Crippen LogP contribution is 2.46. The molecule has 9 nitrogen and oxygen atoms in total. The van der Waals surface area contributed by atoms with E-state index >= 15 is 0 Å². The van der Waals surface area contributed by atoms with Gasteiger partial charge in [0.05, 0.1) is 38.3 Å². The second kappa shape index (κ2) is 8.41. The fraction of sp³-hybridized carbons (Fsp3) is 0.179. The second-order valence-corrected chi connectivity index (χ2v) is 8.67. The molecule has 0 aliphatic carbocycles. The third-order valence-corrected chi connectivity index (χ3v) is 6.63. The monoisotopic (exact) mass is 498 g/mol. The highest BCUT2D eigenvalue weighted by molar-refractivity contribution is 6.12. The quantitative estimate of drug-likeness (QED) is 0.311. The molecule has 1 atom stereocenters. The summed E-state index contributed by atoms with van der Waals surface area (Å²) >= 11 is 0. The summed E-state index contributed by atoms with van der Waals surface area (Å²) in [5, 5.41) is 6.11. The van der Waals surface area contributed by atoms with Gasteiger partial charge in [0.1, 0.15) is 11.3 Å². The average Bonchev–Trinajstić information content (AvgIpc) is 3.47. The third kappa shape index (κ3) is 3.27. The fourth-order valence-corrected chi connectivity index (χ4v) is 5.01. The smallest absolute Gasteiger partial charge is 0.296 e. The Hall–Kier alpha value is -4.79. The molecule has 3 aromatic carbocycles. The molecule has 1 amide bonds. The fourth-order valence-electron chi connectivity index (χ4n) is 5.01. The van der Waals surface area contributed by atoms with Crippen LogP contribution in [0.5, 0.6) is 17.2 Å². The van der Waals surface area contributed by atoms with Crippen molar-refractivity contribution < 1.29 is 27.9 Å². The van der Waals surface area contributed by atoms with Crippen molar-refractivity contribution >= 4 is 33.5 Å². The van der Waals surface area contributed by atoms with Gasteiger partial charge in [-0.2, -0.15) is 0 Å². The Morgan fingerprint density at radius 1 is 0.919 bits per heavy atom. The lowest BCUT2D eigenvalue weighted by Gasteiger charge is -2.24. The number of ether oxygens (including phenoxy) is 3. The molecule has 5 aromatic rings. The molecule has 0 N–H and O–H groups in total. The number of aromatic nitrogens is 1. The number of nitrogens with zero attached hydrogens (tertiary/aromatic N) is 2. The maximum Gasteiger partial charge on any atom is 0.296 e. The van der Waals surface area contributed by atoms with Crippen LogP contribution in [-0.2, 0) is 0 Å². The summed E-state index contributed by atoms with van der Waals surface area (Å²) in [6, 6.07) is 15.3. The van der Waals surface area contributed by atoms with E-state index in [0.717, 1.165) is 10.8 Å². The van der Waals surface area contributed by atoms with E-state index in [0.29, 0.717) is 39.5 Å². The zero-order chi connectivity index (χ0) is 25.8.